The number of rotatable bonds is 5. The van der Waals surface area contributed by atoms with Crippen molar-refractivity contribution < 1.29 is 19.3 Å². The molecule has 7 aromatic carbocycles. The van der Waals surface area contributed by atoms with Crippen LogP contribution in [0.2, 0.25) is 0 Å². The van der Waals surface area contributed by atoms with E-state index in [0.717, 1.165) is 5.75 Å². The molecule has 0 bridgehead atoms. The summed E-state index contributed by atoms with van der Waals surface area (Å²) >= 11 is 3.35. The van der Waals surface area contributed by atoms with Crippen LogP contribution in [-0.2, 0) is 14.6 Å². The SMILES string of the molecule is COc1ccc([PH+](c2ccccc2)c2ccccc2)cc1.Pc1ccc2ccccc2c1-c1[c-]ccc2ccccc12.[Cl][Ni]. The third-order valence-corrected chi connectivity index (χ3v) is 10.6. The summed E-state index contributed by atoms with van der Waals surface area (Å²) in [6.07, 6.45) is 0. The molecule has 0 fully saturated rings. The van der Waals surface area contributed by atoms with Gasteiger partial charge >= 0.3 is 24.8 Å². The Hall–Kier alpha value is -3.50. The number of hydrogen-bond donors (Lipinski definition) is 0. The molecule has 7 aromatic rings. The maximum atomic E-state index is 5.27. The van der Waals surface area contributed by atoms with E-state index in [1.165, 1.54) is 53.9 Å². The molecule has 0 heterocycles. The zero-order chi connectivity index (χ0) is 30.7. The molecule has 0 aliphatic heterocycles. The Labute approximate surface area is 275 Å². The molecule has 5 heteroatoms. The van der Waals surface area contributed by atoms with E-state index in [-0.39, 0.29) is 0 Å². The van der Waals surface area contributed by atoms with Gasteiger partial charge in [0.25, 0.3) is 0 Å². The molecule has 1 unspecified atom stereocenters. The van der Waals surface area contributed by atoms with Gasteiger partial charge in [0.1, 0.15) is 21.7 Å². The maximum absolute atomic E-state index is 5.27. The minimum absolute atomic E-state index is 0.904. The summed E-state index contributed by atoms with van der Waals surface area (Å²) in [6.45, 7) is 0. The second-order valence-electron chi connectivity index (χ2n) is 10.0. The normalized spacial score (nSPS) is 10.5. The van der Waals surface area contributed by atoms with Crippen molar-refractivity contribution in [3.8, 4) is 16.9 Å². The van der Waals surface area contributed by atoms with E-state index in [1.54, 1.807) is 7.11 Å². The summed E-state index contributed by atoms with van der Waals surface area (Å²) in [5.74, 6) is 0.904. The minimum atomic E-state index is -0.957. The van der Waals surface area contributed by atoms with Gasteiger partial charge in [-0.15, -0.1) is 43.8 Å². The van der Waals surface area contributed by atoms with Gasteiger partial charge in [-0.3, -0.25) is 0 Å². The van der Waals surface area contributed by atoms with Crippen molar-refractivity contribution in [2.24, 2.45) is 0 Å². The molecule has 0 aliphatic carbocycles. The Kier molecular flexibility index (Phi) is 11.6. The number of methoxy groups -OCH3 is 1. The van der Waals surface area contributed by atoms with Crippen LogP contribution in [0, 0.1) is 6.07 Å². The fraction of sp³-hybridized carbons (Fsp3) is 0.0256. The Morgan fingerprint density at radius 1 is 0.568 bits per heavy atom. The van der Waals surface area contributed by atoms with Crippen molar-refractivity contribution in [1.82, 2.24) is 0 Å². The van der Waals surface area contributed by atoms with Gasteiger partial charge < -0.3 is 4.74 Å². The topological polar surface area (TPSA) is 9.23 Å². The summed E-state index contributed by atoms with van der Waals surface area (Å²) in [4.78, 5) is 0. The van der Waals surface area contributed by atoms with E-state index in [4.69, 9.17) is 4.74 Å². The average molecular weight is 673 g/mol. The first kappa shape index (κ1) is 31.9. The van der Waals surface area contributed by atoms with Crippen molar-refractivity contribution >= 4 is 70.1 Å². The van der Waals surface area contributed by atoms with Gasteiger partial charge in [0.15, 0.2) is 0 Å². The molecule has 0 N–H and O–H groups in total. The summed E-state index contributed by atoms with van der Waals surface area (Å²) in [7, 11) is 7.87. The van der Waals surface area contributed by atoms with Crippen LogP contribution in [0.1, 0.15) is 0 Å². The van der Waals surface area contributed by atoms with Gasteiger partial charge in [-0.1, -0.05) is 113 Å². The molecule has 44 heavy (non-hydrogen) atoms. The summed E-state index contributed by atoms with van der Waals surface area (Å²) in [5.41, 5.74) is 2.44. The molecule has 1 atom stereocenters. The van der Waals surface area contributed by atoms with Crippen LogP contribution >= 0.6 is 27.4 Å². The fourth-order valence-electron chi connectivity index (χ4n) is 5.40. The summed E-state index contributed by atoms with van der Waals surface area (Å²) in [5, 5.41) is 10.4. The Bertz CT molecular complexity index is 1890. The van der Waals surface area contributed by atoms with E-state index < -0.39 is 7.92 Å². The summed E-state index contributed by atoms with van der Waals surface area (Å²) < 4.78 is 5.27. The van der Waals surface area contributed by atoms with Crippen LogP contribution in [0.4, 0.5) is 0 Å². The van der Waals surface area contributed by atoms with Crippen molar-refractivity contribution in [1.29, 1.82) is 0 Å². The van der Waals surface area contributed by atoms with Crippen molar-refractivity contribution in [3.63, 3.8) is 0 Å². The number of fused-ring (bicyclic) bond motifs is 2. The van der Waals surface area contributed by atoms with E-state index >= 15 is 0 Å². The second-order valence-corrected chi connectivity index (χ2v) is 13.1. The second kappa shape index (κ2) is 16.0. The Morgan fingerprint density at radius 2 is 1.07 bits per heavy atom. The average Bonchev–Trinajstić information content (AvgIpc) is 3.11. The summed E-state index contributed by atoms with van der Waals surface area (Å²) in [6, 6.07) is 58.9. The Balaban J connectivity index is 0.000000165. The molecule has 0 aromatic heterocycles. The molecular formula is C39H32ClNiOP2. The van der Waals surface area contributed by atoms with Crippen molar-refractivity contribution in [2.75, 3.05) is 7.11 Å². The molecule has 0 aliphatic rings. The van der Waals surface area contributed by atoms with Crippen LogP contribution in [0.3, 0.4) is 0 Å². The standard InChI is InChI=1S/C20H14P.C19H17OP.ClH.Ni/c21-19-13-12-15-7-2-4-10-17(15)20(19)18-11-5-8-14-6-1-3-9-16(14)18;1-20-16-12-14-19(15-13-16)21(17-8-4-2-5-9-17)18-10-6-3-7-11-18;;/h1-10,12-13H,21H2;2-15H,1H3;1H;/q-1;;;+1. The van der Waals surface area contributed by atoms with E-state index in [9.17, 15) is 0 Å². The van der Waals surface area contributed by atoms with Crippen molar-refractivity contribution in [2.45, 2.75) is 0 Å². The van der Waals surface area contributed by atoms with Gasteiger partial charge in [-0.05, 0) is 53.9 Å². The first-order valence-corrected chi connectivity index (χ1v) is 17.6. The van der Waals surface area contributed by atoms with E-state index in [1.807, 2.05) is 18.2 Å². The quantitative estimate of drug-likeness (QED) is 0.101. The van der Waals surface area contributed by atoms with Gasteiger partial charge in [0, 0.05) is 0 Å². The van der Waals surface area contributed by atoms with Crippen LogP contribution in [0.5, 0.6) is 5.75 Å². The third-order valence-electron chi connectivity index (χ3n) is 7.44. The molecule has 0 radical (unpaired) electrons. The van der Waals surface area contributed by atoms with Gasteiger partial charge in [0.05, 0.1) is 15.0 Å². The fourth-order valence-corrected chi connectivity index (χ4v) is 8.35. The molecule has 7 rings (SSSR count). The molecule has 0 amide bonds. The Morgan fingerprint density at radius 3 is 1.66 bits per heavy atom. The molecular weight excluding hydrogens is 641 g/mol. The molecule has 0 spiro atoms. The van der Waals surface area contributed by atoms with Crippen LogP contribution in [0.15, 0.2) is 158 Å². The van der Waals surface area contributed by atoms with Crippen LogP contribution < -0.4 is 26.0 Å². The van der Waals surface area contributed by atoms with E-state index in [2.05, 4.69) is 180 Å². The van der Waals surface area contributed by atoms with E-state index in [0.29, 0.717) is 0 Å². The molecule has 1 nitrogen and oxygen atoms in total. The number of ether oxygens (including phenoxy) is 1. The number of hydrogen-bond acceptors (Lipinski definition) is 1. The predicted molar refractivity (Wildman–Crippen MR) is 194 cm³/mol. The van der Waals surface area contributed by atoms with Crippen LogP contribution in [-0.4, -0.2) is 7.11 Å². The zero-order valence-corrected chi connectivity index (χ0v) is 28.1. The first-order chi connectivity index (χ1) is 21.7. The van der Waals surface area contributed by atoms with Gasteiger partial charge in [-0.2, -0.15) is 0 Å². The van der Waals surface area contributed by atoms with Crippen LogP contribution in [0.25, 0.3) is 32.7 Å². The predicted octanol–water partition coefficient (Wildman–Crippen LogP) is 8.83. The van der Waals surface area contributed by atoms with Gasteiger partial charge in [0.2, 0.25) is 0 Å². The van der Waals surface area contributed by atoms with Crippen molar-refractivity contribution in [3.05, 3.63) is 164 Å². The molecule has 0 saturated heterocycles. The van der Waals surface area contributed by atoms with Gasteiger partial charge in [-0.25, -0.2) is 0 Å². The zero-order valence-electron chi connectivity index (χ0n) is 24.2. The number of benzene rings is 7. The molecule has 221 valence electrons. The monoisotopic (exact) mass is 671 g/mol. The molecule has 0 saturated carbocycles. The number of halogens is 1. The third kappa shape index (κ3) is 7.41. The first-order valence-electron chi connectivity index (χ1n) is 14.1.